The van der Waals surface area contributed by atoms with E-state index in [1.165, 1.54) is 13.0 Å². The van der Waals surface area contributed by atoms with E-state index >= 15 is 0 Å². The number of amides is 1. The second kappa shape index (κ2) is 7.17. The number of hydrogen-bond donors (Lipinski definition) is 2. The number of para-hydroxylation sites is 1. The molecule has 1 amide bonds. The van der Waals surface area contributed by atoms with Crippen LogP contribution < -0.4 is 5.32 Å². The second-order valence-electron chi connectivity index (χ2n) is 5.41. The Hall–Kier alpha value is -2.50. The third-order valence-electron chi connectivity index (χ3n) is 3.65. The highest BCUT2D eigenvalue weighted by molar-refractivity contribution is 6.36. The van der Waals surface area contributed by atoms with E-state index in [0.29, 0.717) is 21.3 Å². The fraction of sp³-hybridized carbons (Fsp3) is 0.111. The molecule has 0 aliphatic rings. The molecule has 0 spiro atoms. The summed E-state index contributed by atoms with van der Waals surface area (Å²) in [6.07, 6.45) is 0.571. The third kappa shape index (κ3) is 3.78. The Kier molecular flexibility index (Phi) is 4.97. The van der Waals surface area contributed by atoms with E-state index in [1.807, 2.05) is 18.2 Å². The van der Waals surface area contributed by atoms with Crippen molar-refractivity contribution in [2.75, 3.05) is 5.32 Å². The first-order valence-corrected chi connectivity index (χ1v) is 8.24. The predicted molar refractivity (Wildman–Crippen MR) is 98.3 cm³/mol. The van der Waals surface area contributed by atoms with Gasteiger partial charge in [0.15, 0.2) is 6.10 Å². The lowest BCUT2D eigenvalue weighted by molar-refractivity contribution is -0.123. The summed E-state index contributed by atoms with van der Waals surface area (Å²) in [4.78, 5) is 27.6. The third-order valence-corrected chi connectivity index (χ3v) is 4.20. The van der Waals surface area contributed by atoms with Crippen LogP contribution in [0.15, 0.2) is 48.7 Å². The van der Waals surface area contributed by atoms with Crippen LogP contribution in [0.1, 0.15) is 17.3 Å². The van der Waals surface area contributed by atoms with Gasteiger partial charge in [-0.15, -0.1) is 0 Å². The summed E-state index contributed by atoms with van der Waals surface area (Å²) in [5.41, 5.74) is 1.59. The normalized spacial score (nSPS) is 12.0. The fourth-order valence-electron chi connectivity index (χ4n) is 2.34. The van der Waals surface area contributed by atoms with Crippen molar-refractivity contribution in [1.29, 1.82) is 0 Å². The van der Waals surface area contributed by atoms with Crippen molar-refractivity contribution in [2.24, 2.45) is 0 Å². The van der Waals surface area contributed by atoms with Crippen LogP contribution in [-0.4, -0.2) is 23.0 Å². The van der Waals surface area contributed by atoms with Crippen molar-refractivity contribution in [2.45, 2.75) is 13.0 Å². The van der Waals surface area contributed by atoms with Crippen molar-refractivity contribution in [3.05, 3.63) is 64.3 Å². The minimum absolute atomic E-state index is 0.302. The molecule has 1 heterocycles. The van der Waals surface area contributed by atoms with Gasteiger partial charge in [0.25, 0.3) is 5.91 Å². The summed E-state index contributed by atoms with van der Waals surface area (Å²) in [5, 5.41) is 4.11. The lowest BCUT2D eigenvalue weighted by Crippen LogP contribution is -2.30. The lowest BCUT2D eigenvalue weighted by Gasteiger charge is -2.14. The quantitative estimate of drug-likeness (QED) is 0.650. The molecule has 3 rings (SSSR count). The molecule has 0 bridgehead atoms. The van der Waals surface area contributed by atoms with Crippen molar-refractivity contribution in [1.82, 2.24) is 4.98 Å². The maximum atomic E-state index is 12.3. The maximum Gasteiger partial charge on any atom is 0.341 e. The van der Waals surface area contributed by atoms with Gasteiger partial charge in [0.1, 0.15) is 0 Å². The van der Waals surface area contributed by atoms with Crippen LogP contribution in [0.3, 0.4) is 0 Å². The number of ether oxygens (including phenoxy) is 1. The average Bonchev–Trinajstić information content (AvgIpc) is 3.01. The molecule has 7 heteroatoms. The van der Waals surface area contributed by atoms with Crippen LogP contribution in [0.2, 0.25) is 10.0 Å². The van der Waals surface area contributed by atoms with E-state index in [0.717, 1.165) is 10.9 Å². The first-order chi connectivity index (χ1) is 12.0. The molecule has 25 heavy (non-hydrogen) atoms. The molecule has 0 aliphatic heterocycles. The number of aromatic amines is 1. The summed E-state index contributed by atoms with van der Waals surface area (Å²) in [6, 6.07) is 12.0. The van der Waals surface area contributed by atoms with Crippen molar-refractivity contribution < 1.29 is 14.3 Å². The minimum Gasteiger partial charge on any atom is -0.449 e. The molecule has 0 saturated carbocycles. The van der Waals surface area contributed by atoms with Crippen molar-refractivity contribution in [3.8, 4) is 0 Å². The number of halogens is 2. The number of nitrogens with one attached hydrogen (secondary N) is 2. The average molecular weight is 377 g/mol. The molecule has 128 valence electrons. The van der Waals surface area contributed by atoms with Crippen molar-refractivity contribution in [3.63, 3.8) is 0 Å². The SMILES string of the molecule is C[C@@H](OC(=O)c1c[nH]c2ccccc12)C(=O)Nc1ccc(Cl)cc1Cl. The lowest BCUT2D eigenvalue weighted by atomic mass is 10.2. The largest absolute Gasteiger partial charge is 0.449 e. The Morgan fingerprint density at radius 3 is 2.68 bits per heavy atom. The number of carbonyl (C=O) groups excluding carboxylic acids is 2. The van der Waals surface area contributed by atoms with Gasteiger partial charge in [-0.3, -0.25) is 4.79 Å². The monoisotopic (exact) mass is 376 g/mol. The zero-order valence-corrected chi connectivity index (χ0v) is 14.7. The number of benzene rings is 2. The zero-order valence-electron chi connectivity index (χ0n) is 13.2. The highest BCUT2D eigenvalue weighted by Gasteiger charge is 2.21. The van der Waals surface area contributed by atoms with Crippen LogP contribution >= 0.6 is 23.2 Å². The zero-order chi connectivity index (χ0) is 18.0. The molecular weight excluding hydrogens is 363 g/mol. The van der Waals surface area contributed by atoms with Gasteiger partial charge < -0.3 is 15.0 Å². The second-order valence-corrected chi connectivity index (χ2v) is 6.25. The van der Waals surface area contributed by atoms with E-state index in [4.69, 9.17) is 27.9 Å². The fourth-order valence-corrected chi connectivity index (χ4v) is 2.80. The molecule has 0 fully saturated rings. The number of esters is 1. The van der Waals surface area contributed by atoms with E-state index in [-0.39, 0.29) is 0 Å². The topological polar surface area (TPSA) is 71.2 Å². The summed E-state index contributed by atoms with van der Waals surface area (Å²) < 4.78 is 5.26. The van der Waals surface area contributed by atoms with E-state index < -0.39 is 18.0 Å². The first-order valence-electron chi connectivity index (χ1n) is 7.48. The number of anilines is 1. The van der Waals surface area contributed by atoms with Gasteiger partial charge in [-0.1, -0.05) is 41.4 Å². The molecule has 0 saturated heterocycles. The Morgan fingerprint density at radius 1 is 1.16 bits per heavy atom. The van der Waals surface area contributed by atoms with Gasteiger partial charge >= 0.3 is 5.97 Å². The predicted octanol–water partition coefficient (Wildman–Crippen LogP) is 4.66. The summed E-state index contributed by atoms with van der Waals surface area (Å²) in [7, 11) is 0. The van der Waals surface area contributed by atoms with Crippen LogP contribution in [0.25, 0.3) is 10.9 Å². The Bertz CT molecular complexity index is 952. The summed E-state index contributed by atoms with van der Waals surface area (Å²) >= 11 is 11.8. The first kappa shape index (κ1) is 17.3. The van der Waals surface area contributed by atoms with E-state index in [2.05, 4.69) is 10.3 Å². The number of fused-ring (bicyclic) bond motifs is 1. The van der Waals surface area contributed by atoms with Crippen molar-refractivity contribution >= 4 is 51.7 Å². The summed E-state index contributed by atoms with van der Waals surface area (Å²) in [6.45, 7) is 1.49. The molecule has 2 aromatic carbocycles. The van der Waals surface area contributed by atoms with Crippen LogP contribution in [-0.2, 0) is 9.53 Å². The van der Waals surface area contributed by atoms with E-state index in [9.17, 15) is 9.59 Å². The molecule has 0 unspecified atom stereocenters. The molecule has 1 atom stereocenters. The molecule has 1 aromatic heterocycles. The Labute approximate surface area is 153 Å². The van der Waals surface area contributed by atoms with Gasteiger partial charge in [0, 0.05) is 22.1 Å². The minimum atomic E-state index is -0.993. The maximum absolute atomic E-state index is 12.3. The van der Waals surface area contributed by atoms with Gasteiger partial charge in [0.2, 0.25) is 0 Å². The Balaban J connectivity index is 1.69. The van der Waals surface area contributed by atoms with Gasteiger partial charge in [-0.25, -0.2) is 4.79 Å². The highest BCUT2D eigenvalue weighted by atomic mass is 35.5. The van der Waals surface area contributed by atoms with Crippen LogP contribution in [0, 0.1) is 0 Å². The number of aromatic nitrogens is 1. The Morgan fingerprint density at radius 2 is 1.92 bits per heavy atom. The highest BCUT2D eigenvalue weighted by Crippen LogP contribution is 2.25. The molecule has 0 aliphatic carbocycles. The van der Waals surface area contributed by atoms with Gasteiger partial charge in [-0.05, 0) is 31.2 Å². The number of H-pyrrole nitrogens is 1. The van der Waals surface area contributed by atoms with Gasteiger partial charge in [0.05, 0.1) is 16.3 Å². The molecule has 0 radical (unpaired) electrons. The molecule has 3 aromatic rings. The standard InChI is InChI=1S/C18H14Cl2N2O3/c1-10(17(23)22-16-7-6-11(19)8-14(16)20)25-18(24)13-9-21-15-5-3-2-4-12(13)15/h2-10,21H,1H3,(H,22,23)/t10-/m1/s1. The van der Waals surface area contributed by atoms with E-state index in [1.54, 1.807) is 24.4 Å². The van der Waals surface area contributed by atoms with Crippen LogP contribution in [0.4, 0.5) is 5.69 Å². The smallest absolute Gasteiger partial charge is 0.341 e. The number of hydrogen-bond acceptors (Lipinski definition) is 3. The van der Waals surface area contributed by atoms with Crippen LogP contribution in [0.5, 0.6) is 0 Å². The molecule has 5 nitrogen and oxygen atoms in total. The van der Waals surface area contributed by atoms with Gasteiger partial charge in [-0.2, -0.15) is 0 Å². The molecular formula is C18H14Cl2N2O3. The molecule has 2 N–H and O–H groups in total. The summed E-state index contributed by atoms with van der Waals surface area (Å²) in [5.74, 6) is -1.07. The number of rotatable bonds is 4. The number of carbonyl (C=O) groups is 2.